The Morgan fingerprint density at radius 2 is 1.55 bits per heavy atom. The smallest absolute Gasteiger partial charge is 0.231 e. The lowest BCUT2D eigenvalue weighted by atomic mass is 10.1. The molecule has 0 aromatic heterocycles. The third-order valence-electron chi connectivity index (χ3n) is 4.91. The van der Waals surface area contributed by atoms with Gasteiger partial charge in [-0.3, -0.25) is 4.79 Å². The normalized spacial score (nSPS) is 13.5. The summed E-state index contributed by atoms with van der Waals surface area (Å²) in [6.07, 6.45) is 1.63. The van der Waals surface area contributed by atoms with Crippen LogP contribution < -0.4 is 23.7 Å². The van der Waals surface area contributed by atoms with Crippen LogP contribution in [-0.2, 0) is 6.61 Å². The van der Waals surface area contributed by atoms with Crippen molar-refractivity contribution in [2.75, 3.05) is 21.3 Å². The Balaban J connectivity index is 1.58. The van der Waals surface area contributed by atoms with Crippen LogP contribution in [0.2, 0.25) is 0 Å². The monoisotopic (exact) mass is 418 g/mol. The number of hydrogen-bond donors (Lipinski definition) is 0. The number of benzene rings is 3. The van der Waals surface area contributed by atoms with Crippen LogP contribution >= 0.6 is 0 Å². The van der Waals surface area contributed by atoms with E-state index in [2.05, 4.69) is 0 Å². The fraction of sp³-hybridized carbons (Fsp3) is 0.160. The van der Waals surface area contributed by atoms with E-state index in [1.54, 1.807) is 57.7 Å². The van der Waals surface area contributed by atoms with E-state index in [4.69, 9.17) is 23.7 Å². The molecule has 1 aliphatic heterocycles. The molecule has 0 amide bonds. The summed E-state index contributed by atoms with van der Waals surface area (Å²) in [5.74, 6) is 2.66. The van der Waals surface area contributed by atoms with E-state index in [9.17, 15) is 4.79 Å². The number of carbonyl (C=O) groups excluding carboxylic acids is 1. The quantitative estimate of drug-likeness (QED) is 0.508. The SMILES string of the molecule is COc1cc(OC)c(OC)cc1/C=C1\Oc2cc(OCc3ccccc3)ccc2C1=O. The third kappa shape index (κ3) is 4.19. The summed E-state index contributed by atoms with van der Waals surface area (Å²) in [6.45, 7) is 0.430. The highest BCUT2D eigenvalue weighted by Gasteiger charge is 2.28. The lowest BCUT2D eigenvalue weighted by Gasteiger charge is -2.12. The highest BCUT2D eigenvalue weighted by atomic mass is 16.5. The number of hydrogen-bond acceptors (Lipinski definition) is 6. The first kappa shape index (κ1) is 20.3. The summed E-state index contributed by atoms with van der Waals surface area (Å²) >= 11 is 0. The van der Waals surface area contributed by atoms with Crippen LogP contribution in [0.15, 0.2) is 66.4 Å². The molecule has 0 aliphatic carbocycles. The summed E-state index contributed by atoms with van der Waals surface area (Å²) < 4.78 is 27.8. The average molecular weight is 418 g/mol. The van der Waals surface area contributed by atoms with Crippen molar-refractivity contribution in [3.63, 3.8) is 0 Å². The van der Waals surface area contributed by atoms with Gasteiger partial charge in [0.25, 0.3) is 0 Å². The second-order valence-electron chi connectivity index (χ2n) is 6.82. The molecule has 31 heavy (non-hydrogen) atoms. The molecule has 0 radical (unpaired) electrons. The van der Waals surface area contributed by atoms with Crippen molar-refractivity contribution in [3.05, 3.63) is 83.1 Å². The second kappa shape index (κ2) is 8.83. The Hall–Kier alpha value is -3.93. The first-order valence-corrected chi connectivity index (χ1v) is 9.68. The molecule has 1 aliphatic rings. The van der Waals surface area contributed by atoms with Gasteiger partial charge in [0.05, 0.1) is 26.9 Å². The van der Waals surface area contributed by atoms with E-state index >= 15 is 0 Å². The van der Waals surface area contributed by atoms with Crippen molar-refractivity contribution >= 4 is 11.9 Å². The molecule has 3 aromatic carbocycles. The maximum absolute atomic E-state index is 12.8. The standard InChI is InChI=1S/C25H22O6/c1-27-20-14-23(29-3)22(28-2)11-17(20)12-24-25(26)19-10-9-18(13-21(19)31-24)30-15-16-7-5-4-6-8-16/h4-14H,15H2,1-3H3/b24-12-. The van der Waals surface area contributed by atoms with E-state index in [0.29, 0.717) is 46.5 Å². The molecule has 1 heterocycles. The minimum Gasteiger partial charge on any atom is -0.496 e. The van der Waals surface area contributed by atoms with Crippen LogP contribution in [0.5, 0.6) is 28.7 Å². The van der Waals surface area contributed by atoms with Crippen molar-refractivity contribution in [1.82, 2.24) is 0 Å². The fourth-order valence-electron chi connectivity index (χ4n) is 3.30. The Morgan fingerprint density at radius 3 is 2.26 bits per heavy atom. The zero-order chi connectivity index (χ0) is 21.8. The maximum Gasteiger partial charge on any atom is 0.231 e. The van der Waals surface area contributed by atoms with Crippen LogP contribution in [0, 0.1) is 0 Å². The van der Waals surface area contributed by atoms with Crippen LogP contribution in [0.1, 0.15) is 21.5 Å². The highest BCUT2D eigenvalue weighted by Crippen LogP contribution is 2.39. The number of rotatable bonds is 7. The average Bonchev–Trinajstić information content (AvgIpc) is 3.12. The van der Waals surface area contributed by atoms with Crippen molar-refractivity contribution in [1.29, 1.82) is 0 Å². The largest absolute Gasteiger partial charge is 0.496 e. The second-order valence-corrected chi connectivity index (χ2v) is 6.82. The van der Waals surface area contributed by atoms with Gasteiger partial charge in [-0.1, -0.05) is 30.3 Å². The summed E-state index contributed by atoms with van der Waals surface area (Å²) in [5.41, 5.74) is 2.18. The van der Waals surface area contributed by atoms with Gasteiger partial charge >= 0.3 is 0 Å². The Labute approximate surface area is 180 Å². The molecule has 0 saturated carbocycles. The minimum atomic E-state index is -0.207. The molecular formula is C25H22O6. The number of Topliss-reactive ketones (excluding diaryl/α,β-unsaturated/α-hetero) is 1. The van der Waals surface area contributed by atoms with Gasteiger partial charge in [0.15, 0.2) is 17.3 Å². The van der Waals surface area contributed by atoms with Gasteiger partial charge in [-0.25, -0.2) is 0 Å². The highest BCUT2D eigenvalue weighted by molar-refractivity contribution is 6.14. The van der Waals surface area contributed by atoms with Gasteiger partial charge in [-0.15, -0.1) is 0 Å². The number of carbonyl (C=O) groups is 1. The van der Waals surface area contributed by atoms with Crippen molar-refractivity contribution in [3.8, 4) is 28.7 Å². The van der Waals surface area contributed by atoms with Gasteiger partial charge in [0.2, 0.25) is 5.78 Å². The Morgan fingerprint density at radius 1 is 0.839 bits per heavy atom. The number of ketones is 1. The zero-order valence-corrected chi connectivity index (χ0v) is 17.5. The van der Waals surface area contributed by atoms with Crippen molar-refractivity contribution < 1.29 is 28.5 Å². The van der Waals surface area contributed by atoms with E-state index in [-0.39, 0.29) is 11.5 Å². The fourth-order valence-corrected chi connectivity index (χ4v) is 3.30. The summed E-state index contributed by atoms with van der Waals surface area (Å²) in [5, 5.41) is 0. The van der Waals surface area contributed by atoms with E-state index < -0.39 is 0 Å². The van der Waals surface area contributed by atoms with E-state index in [1.807, 2.05) is 30.3 Å². The van der Waals surface area contributed by atoms with E-state index in [0.717, 1.165) is 5.56 Å². The summed E-state index contributed by atoms with van der Waals surface area (Å²) in [6, 6.07) is 18.5. The van der Waals surface area contributed by atoms with Crippen LogP contribution in [0.4, 0.5) is 0 Å². The maximum atomic E-state index is 12.8. The topological polar surface area (TPSA) is 63.2 Å². The van der Waals surface area contributed by atoms with Crippen LogP contribution in [0.3, 0.4) is 0 Å². The zero-order valence-electron chi connectivity index (χ0n) is 17.5. The van der Waals surface area contributed by atoms with Gasteiger partial charge in [-0.05, 0) is 29.8 Å². The predicted octanol–water partition coefficient (Wildman–Crippen LogP) is 4.91. The number of allylic oxidation sites excluding steroid dienone is 1. The van der Waals surface area contributed by atoms with Crippen LogP contribution in [0.25, 0.3) is 6.08 Å². The number of ether oxygens (including phenoxy) is 5. The number of methoxy groups -OCH3 is 3. The molecule has 0 unspecified atom stereocenters. The molecular weight excluding hydrogens is 396 g/mol. The van der Waals surface area contributed by atoms with Gasteiger partial charge in [-0.2, -0.15) is 0 Å². The van der Waals surface area contributed by atoms with Gasteiger partial charge in [0, 0.05) is 17.7 Å². The molecule has 6 heteroatoms. The van der Waals surface area contributed by atoms with Crippen molar-refractivity contribution in [2.45, 2.75) is 6.61 Å². The minimum absolute atomic E-state index is 0.195. The molecule has 0 N–H and O–H groups in total. The predicted molar refractivity (Wildman–Crippen MR) is 116 cm³/mol. The molecule has 0 atom stereocenters. The summed E-state index contributed by atoms with van der Waals surface area (Å²) in [7, 11) is 4.64. The van der Waals surface area contributed by atoms with E-state index in [1.165, 1.54) is 0 Å². The third-order valence-corrected chi connectivity index (χ3v) is 4.91. The molecule has 4 rings (SSSR count). The molecule has 6 nitrogen and oxygen atoms in total. The number of fused-ring (bicyclic) bond motifs is 1. The Bertz CT molecular complexity index is 1130. The van der Waals surface area contributed by atoms with Crippen molar-refractivity contribution in [2.24, 2.45) is 0 Å². The molecule has 3 aromatic rings. The lowest BCUT2D eigenvalue weighted by Crippen LogP contribution is -2.00. The molecule has 0 saturated heterocycles. The summed E-state index contributed by atoms with van der Waals surface area (Å²) in [4.78, 5) is 12.8. The molecule has 0 fully saturated rings. The first-order valence-electron chi connectivity index (χ1n) is 9.68. The first-order chi connectivity index (χ1) is 15.1. The van der Waals surface area contributed by atoms with Gasteiger partial charge < -0.3 is 23.7 Å². The molecule has 0 spiro atoms. The molecule has 158 valence electrons. The van der Waals surface area contributed by atoms with Gasteiger partial charge in [0.1, 0.15) is 23.9 Å². The lowest BCUT2D eigenvalue weighted by molar-refractivity contribution is 0.101. The Kier molecular flexibility index (Phi) is 5.80. The molecule has 0 bridgehead atoms. The van der Waals surface area contributed by atoms with Crippen LogP contribution in [-0.4, -0.2) is 27.1 Å².